The highest BCUT2D eigenvalue weighted by Gasteiger charge is 2.22. The quantitative estimate of drug-likeness (QED) is 0.769. The Morgan fingerprint density at radius 3 is 2.60 bits per heavy atom. The molecule has 0 aromatic heterocycles. The first-order valence-corrected chi connectivity index (χ1v) is 6.13. The van der Waals surface area contributed by atoms with Crippen LogP contribution in [0.3, 0.4) is 0 Å². The van der Waals surface area contributed by atoms with Crippen LogP contribution in [0.1, 0.15) is 38.5 Å². The van der Waals surface area contributed by atoms with Crippen molar-refractivity contribution in [2.75, 3.05) is 13.2 Å². The van der Waals surface area contributed by atoms with Crippen LogP contribution in [0, 0.1) is 17.2 Å². The summed E-state index contributed by atoms with van der Waals surface area (Å²) in [4.78, 5) is 0. The van der Waals surface area contributed by atoms with Crippen LogP contribution in [0.4, 0.5) is 0 Å². The lowest BCUT2D eigenvalue weighted by Gasteiger charge is -2.26. The lowest BCUT2D eigenvalue weighted by atomic mass is 9.87. The molecule has 1 atom stereocenters. The Bertz CT molecular complexity index is 222. The van der Waals surface area contributed by atoms with Gasteiger partial charge in [-0.3, -0.25) is 0 Å². The third-order valence-electron chi connectivity index (χ3n) is 3.57. The predicted molar refractivity (Wildman–Crippen MR) is 58.3 cm³/mol. The van der Waals surface area contributed by atoms with Gasteiger partial charge in [0.25, 0.3) is 0 Å². The Kier molecular flexibility index (Phi) is 3.99. The average Bonchev–Trinajstić information content (AvgIpc) is 2.80. The summed E-state index contributed by atoms with van der Waals surface area (Å²) in [5.41, 5.74) is 0. The van der Waals surface area contributed by atoms with Crippen LogP contribution in [0.2, 0.25) is 0 Å². The molecule has 1 aliphatic carbocycles. The fourth-order valence-corrected chi connectivity index (χ4v) is 2.53. The van der Waals surface area contributed by atoms with E-state index in [4.69, 9.17) is 10.00 Å². The smallest absolute Gasteiger partial charge is 0.0700 e. The maximum absolute atomic E-state index is 8.79. The molecule has 0 aromatic carbocycles. The van der Waals surface area contributed by atoms with Gasteiger partial charge >= 0.3 is 0 Å². The van der Waals surface area contributed by atoms with E-state index in [0.29, 0.717) is 18.1 Å². The minimum atomic E-state index is 0.311. The van der Waals surface area contributed by atoms with Crippen molar-refractivity contribution in [1.29, 1.82) is 5.26 Å². The summed E-state index contributed by atoms with van der Waals surface area (Å²) in [6, 6.07) is 2.99. The second-order valence-electron chi connectivity index (χ2n) is 4.72. The summed E-state index contributed by atoms with van der Waals surface area (Å²) in [7, 11) is 0. The van der Waals surface area contributed by atoms with Gasteiger partial charge in [-0.2, -0.15) is 5.26 Å². The van der Waals surface area contributed by atoms with Crippen LogP contribution in [0.25, 0.3) is 0 Å². The molecule has 0 amide bonds. The summed E-state index contributed by atoms with van der Waals surface area (Å²) in [5.74, 6) is 0.311. The van der Waals surface area contributed by atoms with Crippen LogP contribution >= 0.6 is 0 Å². The number of nitrogens with zero attached hydrogens (tertiary/aromatic N) is 1. The molecule has 1 aliphatic heterocycles. The molecule has 1 saturated heterocycles. The molecule has 84 valence electrons. The Labute approximate surface area is 91.8 Å². The normalized spacial score (nSPS) is 36.3. The summed E-state index contributed by atoms with van der Waals surface area (Å²) in [5, 5.41) is 12.4. The van der Waals surface area contributed by atoms with Crippen LogP contribution < -0.4 is 5.32 Å². The molecule has 3 heteroatoms. The SMILES string of the molecule is N#CC1CCC(NCC2CCCO2)CC1. The largest absolute Gasteiger partial charge is 0.377 e. The lowest BCUT2D eigenvalue weighted by Crippen LogP contribution is -2.37. The fourth-order valence-electron chi connectivity index (χ4n) is 2.53. The van der Waals surface area contributed by atoms with Crippen LogP contribution in [0.15, 0.2) is 0 Å². The number of rotatable bonds is 3. The Morgan fingerprint density at radius 2 is 2.00 bits per heavy atom. The van der Waals surface area contributed by atoms with Gasteiger partial charge in [-0.25, -0.2) is 0 Å². The van der Waals surface area contributed by atoms with Gasteiger partial charge in [0.2, 0.25) is 0 Å². The number of hydrogen-bond donors (Lipinski definition) is 1. The van der Waals surface area contributed by atoms with Crippen LogP contribution in [-0.4, -0.2) is 25.3 Å². The van der Waals surface area contributed by atoms with E-state index in [1.807, 2.05) is 0 Å². The highest BCUT2D eigenvalue weighted by Crippen LogP contribution is 2.23. The molecule has 0 bridgehead atoms. The molecule has 2 aliphatic rings. The second kappa shape index (κ2) is 5.48. The zero-order valence-electron chi connectivity index (χ0n) is 9.24. The maximum atomic E-state index is 8.79. The Hall–Kier alpha value is -0.590. The van der Waals surface area contributed by atoms with Crippen molar-refractivity contribution < 1.29 is 4.74 Å². The van der Waals surface area contributed by atoms with Crippen molar-refractivity contribution in [2.24, 2.45) is 5.92 Å². The highest BCUT2D eigenvalue weighted by atomic mass is 16.5. The molecule has 1 unspecified atom stereocenters. The van der Waals surface area contributed by atoms with Gasteiger partial charge in [0.05, 0.1) is 12.2 Å². The van der Waals surface area contributed by atoms with Crippen LogP contribution in [0.5, 0.6) is 0 Å². The first kappa shape index (κ1) is 10.9. The molecule has 1 N–H and O–H groups in total. The van der Waals surface area contributed by atoms with Gasteiger partial charge in [0.15, 0.2) is 0 Å². The van der Waals surface area contributed by atoms with E-state index >= 15 is 0 Å². The van der Waals surface area contributed by atoms with E-state index in [1.54, 1.807) is 0 Å². The van der Waals surface area contributed by atoms with Gasteiger partial charge in [-0.15, -0.1) is 0 Å². The third kappa shape index (κ3) is 3.19. The molecular weight excluding hydrogens is 188 g/mol. The summed E-state index contributed by atoms with van der Waals surface area (Å²) in [6.07, 6.45) is 7.32. The highest BCUT2D eigenvalue weighted by molar-refractivity contribution is 4.89. The molecule has 0 aromatic rings. The second-order valence-corrected chi connectivity index (χ2v) is 4.72. The van der Waals surface area contributed by atoms with Gasteiger partial charge in [0, 0.05) is 25.1 Å². The molecule has 0 radical (unpaired) electrons. The zero-order valence-corrected chi connectivity index (χ0v) is 9.24. The molecule has 1 heterocycles. The van der Waals surface area contributed by atoms with Gasteiger partial charge < -0.3 is 10.1 Å². The summed E-state index contributed by atoms with van der Waals surface area (Å²) in [6.45, 7) is 1.94. The summed E-state index contributed by atoms with van der Waals surface area (Å²) >= 11 is 0. The summed E-state index contributed by atoms with van der Waals surface area (Å²) < 4.78 is 5.57. The molecule has 3 nitrogen and oxygen atoms in total. The minimum Gasteiger partial charge on any atom is -0.377 e. The van der Waals surface area contributed by atoms with Crippen molar-refractivity contribution in [3.05, 3.63) is 0 Å². The van der Waals surface area contributed by atoms with Gasteiger partial charge in [-0.1, -0.05) is 0 Å². The van der Waals surface area contributed by atoms with Gasteiger partial charge in [-0.05, 0) is 38.5 Å². The monoisotopic (exact) mass is 208 g/mol. The van der Waals surface area contributed by atoms with Crippen molar-refractivity contribution >= 4 is 0 Å². The van der Waals surface area contributed by atoms with E-state index in [2.05, 4.69) is 11.4 Å². The van der Waals surface area contributed by atoms with Crippen molar-refractivity contribution in [1.82, 2.24) is 5.32 Å². The predicted octanol–water partition coefficient (Wildman–Crippen LogP) is 1.84. The van der Waals surface area contributed by atoms with Crippen molar-refractivity contribution in [3.63, 3.8) is 0 Å². The third-order valence-corrected chi connectivity index (χ3v) is 3.57. The van der Waals surface area contributed by atoms with E-state index in [0.717, 1.165) is 38.8 Å². The van der Waals surface area contributed by atoms with E-state index in [-0.39, 0.29) is 0 Å². The molecule has 2 rings (SSSR count). The number of hydrogen-bond acceptors (Lipinski definition) is 3. The number of nitrogens with one attached hydrogen (secondary N) is 1. The van der Waals surface area contributed by atoms with Crippen molar-refractivity contribution in [2.45, 2.75) is 50.7 Å². The standard InChI is InChI=1S/C12H20N2O/c13-8-10-3-5-11(6-4-10)14-9-12-2-1-7-15-12/h10-12,14H,1-7,9H2. The zero-order chi connectivity index (χ0) is 10.5. The Morgan fingerprint density at radius 1 is 1.20 bits per heavy atom. The average molecular weight is 208 g/mol. The first-order valence-electron chi connectivity index (χ1n) is 6.13. The lowest BCUT2D eigenvalue weighted by molar-refractivity contribution is 0.105. The molecular formula is C12H20N2O. The Balaban J connectivity index is 1.62. The molecule has 1 saturated carbocycles. The topological polar surface area (TPSA) is 45.0 Å². The van der Waals surface area contributed by atoms with Crippen molar-refractivity contribution in [3.8, 4) is 6.07 Å². The first-order chi connectivity index (χ1) is 7.38. The van der Waals surface area contributed by atoms with Crippen LogP contribution in [-0.2, 0) is 4.74 Å². The number of ether oxygens (including phenoxy) is 1. The molecule has 15 heavy (non-hydrogen) atoms. The van der Waals surface area contributed by atoms with E-state index in [9.17, 15) is 0 Å². The fraction of sp³-hybridized carbons (Fsp3) is 0.917. The molecule has 0 spiro atoms. The number of nitriles is 1. The maximum Gasteiger partial charge on any atom is 0.0700 e. The minimum absolute atomic E-state index is 0.311. The van der Waals surface area contributed by atoms with E-state index in [1.165, 1.54) is 12.8 Å². The molecule has 2 fully saturated rings. The van der Waals surface area contributed by atoms with Gasteiger partial charge in [0.1, 0.15) is 0 Å². The van der Waals surface area contributed by atoms with E-state index < -0.39 is 0 Å².